The van der Waals surface area contributed by atoms with E-state index in [9.17, 15) is 13.6 Å². The zero-order chi connectivity index (χ0) is 17.2. The lowest BCUT2D eigenvalue weighted by Crippen LogP contribution is -2.42. The normalized spacial score (nSPS) is 22.5. The molecule has 7 nitrogen and oxygen atoms in total. The highest BCUT2D eigenvalue weighted by Gasteiger charge is 2.35. The monoisotopic (exact) mass is 342 g/mol. The number of carbonyl (C=O) groups excluding carboxylic acids is 1. The largest absolute Gasteiger partial charge is 0.368 e. The molecular formula is C15H24F2N6O. The summed E-state index contributed by atoms with van der Waals surface area (Å²) in [4.78, 5) is 18.4. The molecule has 3 rings (SSSR count). The van der Waals surface area contributed by atoms with Gasteiger partial charge in [0.2, 0.25) is 23.7 Å². The number of piperidine rings is 1. The van der Waals surface area contributed by atoms with E-state index in [1.165, 1.54) is 0 Å². The molecule has 2 heterocycles. The molecule has 1 aliphatic heterocycles. The van der Waals surface area contributed by atoms with Gasteiger partial charge in [0.25, 0.3) is 0 Å². The van der Waals surface area contributed by atoms with Gasteiger partial charge in [0.1, 0.15) is 0 Å². The molecule has 134 valence electrons. The number of nitrogens with one attached hydrogen (secondary N) is 2. The number of anilines is 2. The van der Waals surface area contributed by atoms with Crippen molar-refractivity contribution in [2.75, 3.05) is 30.3 Å². The Morgan fingerprint density at radius 3 is 2.54 bits per heavy atom. The summed E-state index contributed by atoms with van der Waals surface area (Å²) in [5, 5.41) is 9.57. The van der Waals surface area contributed by atoms with Crippen LogP contribution in [0.2, 0.25) is 0 Å². The number of aromatic amines is 1. The van der Waals surface area contributed by atoms with Crippen LogP contribution in [-0.2, 0) is 4.79 Å². The second kappa shape index (κ2) is 6.90. The molecule has 2 aliphatic rings. The van der Waals surface area contributed by atoms with E-state index in [0.29, 0.717) is 38.4 Å². The van der Waals surface area contributed by atoms with Crippen molar-refractivity contribution in [3.8, 4) is 0 Å². The minimum absolute atomic E-state index is 0.0292. The van der Waals surface area contributed by atoms with Crippen LogP contribution in [0.1, 0.15) is 38.5 Å². The molecule has 2 fully saturated rings. The fourth-order valence-electron chi connectivity index (χ4n) is 3.44. The first kappa shape index (κ1) is 16.9. The first-order chi connectivity index (χ1) is 11.4. The van der Waals surface area contributed by atoms with Gasteiger partial charge in [-0.05, 0) is 31.6 Å². The molecule has 1 saturated heterocycles. The molecule has 0 unspecified atom stereocenters. The van der Waals surface area contributed by atoms with Crippen molar-refractivity contribution in [2.45, 2.75) is 44.4 Å². The van der Waals surface area contributed by atoms with E-state index < -0.39 is 5.92 Å². The molecule has 0 radical (unpaired) electrons. The van der Waals surface area contributed by atoms with Gasteiger partial charge < -0.3 is 16.0 Å². The number of hydrogen-bond donors (Lipinski definition) is 3. The molecule has 0 bridgehead atoms. The zero-order valence-corrected chi connectivity index (χ0v) is 13.6. The predicted molar refractivity (Wildman–Crippen MR) is 85.6 cm³/mol. The SMILES string of the molecule is Nc1nc(N2CCC(C(=O)NCC3CCC(F)(F)CC3)CC2)n[nH]1. The number of hydrogen-bond acceptors (Lipinski definition) is 5. The maximum Gasteiger partial charge on any atom is 0.248 e. The summed E-state index contributed by atoms with van der Waals surface area (Å²) in [6, 6.07) is 0. The van der Waals surface area contributed by atoms with Crippen molar-refractivity contribution < 1.29 is 13.6 Å². The lowest BCUT2D eigenvalue weighted by Gasteiger charge is -2.31. The third-order valence-electron chi connectivity index (χ3n) is 5.04. The maximum absolute atomic E-state index is 13.1. The molecule has 24 heavy (non-hydrogen) atoms. The Balaban J connectivity index is 1.39. The predicted octanol–water partition coefficient (Wildman–Crippen LogP) is 1.54. The van der Waals surface area contributed by atoms with Crippen LogP contribution in [-0.4, -0.2) is 46.6 Å². The van der Waals surface area contributed by atoms with Crippen LogP contribution < -0.4 is 16.0 Å². The highest BCUT2D eigenvalue weighted by atomic mass is 19.3. The molecule has 9 heteroatoms. The smallest absolute Gasteiger partial charge is 0.248 e. The Kier molecular flexibility index (Phi) is 4.86. The van der Waals surface area contributed by atoms with Crippen LogP contribution in [0, 0.1) is 11.8 Å². The number of H-pyrrole nitrogens is 1. The second-order valence-electron chi connectivity index (χ2n) is 6.83. The van der Waals surface area contributed by atoms with Gasteiger partial charge in [-0.25, -0.2) is 13.9 Å². The highest BCUT2D eigenvalue weighted by molar-refractivity contribution is 5.78. The molecule has 1 aliphatic carbocycles. The summed E-state index contributed by atoms with van der Waals surface area (Å²) in [5.41, 5.74) is 5.52. The maximum atomic E-state index is 13.1. The number of nitrogens with zero attached hydrogens (tertiary/aromatic N) is 3. The third-order valence-corrected chi connectivity index (χ3v) is 5.04. The van der Waals surface area contributed by atoms with Crippen LogP contribution in [0.5, 0.6) is 0 Å². The van der Waals surface area contributed by atoms with E-state index >= 15 is 0 Å². The van der Waals surface area contributed by atoms with Crippen molar-refractivity contribution in [3.05, 3.63) is 0 Å². The van der Waals surface area contributed by atoms with Gasteiger partial charge in [0.15, 0.2) is 0 Å². The van der Waals surface area contributed by atoms with Gasteiger partial charge in [-0.15, -0.1) is 5.10 Å². The molecule has 0 atom stereocenters. The van der Waals surface area contributed by atoms with Crippen molar-refractivity contribution in [2.24, 2.45) is 11.8 Å². The molecule has 1 amide bonds. The molecular weight excluding hydrogens is 318 g/mol. The third kappa shape index (κ3) is 4.12. The Labute approximate surface area is 139 Å². The first-order valence-electron chi connectivity index (χ1n) is 8.51. The van der Waals surface area contributed by atoms with E-state index in [1.54, 1.807) is 0 Å². The molecule has 1 aromatic heterocycles. The Morgan fingerprint density at radius 1 is 1.29 bits per heavy atom. The zero-order valence-electron chi connectivity index (χ0n) is 13.6. The van der Waals surface area contributed by atoms with Crippen LogP contribution in [0.15, 0.2) is 0 Å². The van der Waals surface area contributed by atoms with Crippen LogP contribution >= 0.6 is 0 Å². The summed E-state index contributed by atoms with van der Waals surface area (Å²) in [7, 11) is 0. The molecule has 4 N–H and O–H groups in total. The summed E-state index contributed by atoms with van der Waals surface area (Å²) in [5.74, 6) is -1.51. The molecule has 1 aromatic rings. The minimum atomic E-state index is -2.52. The second-order valence-corrected chi connectivity index (χ2v) is 6.83. The van der Waals surface area contributed by atoms with E-state index in [-0.39, 0.29) is 36.5 Å². The van der Waals surface area contributed by atoms with Crippen molar-refractivity contribution in [1.29, 1.82) is 0 Å². The number of aromatic nitrogens is 3. The average molecular weight is 342 g/mol. The lowest BCUT2D eigenvalue weighted by molar-refractivity contribution is -0.126. The van der Waals surface area contributed by atoms with Gasteiger partial charge in [-0.3, -0.25) is 4.79 Å². The van der Waals surface area contributed by atoms with E-state index in [0.717, 1.165) is 12.8 Å². The fourth-order valence-corrected chi connectivity index (χ4v) is 3.44. The van der Waals surface area contributed by atoms with Gasteiger partial charge in [-0.1, -0.05) is 0 Å². The topological polar surface area (TPSA) is 99.9 Å². The molecule has 1 saturated carbocycles. The highest BCUT2D eigenvalue weighted by Crippen LogP contribution is 2.35. The van der Waals surface area contributed by atoms with Crippen molar-refractivity contribution in [1.82, 2.24) is 20.5 Å². The van der Waals surface area contributed by atoms with Crippen molar-refractivity contribution >= 4 is 17.8 Å². The van der Waals surface area contributed by atoms with Crippen LogP contribution in [0.4, 0.5) is 20.7 Å². The van der Waals surface area contributed by atoms with E-state index in [1.807, 2.05) is 4.90 Å². The number of rotatable bonds is 4. The quantitative estimate of drug-likeness (QED) is 0.771. The summed E-state index contributed by atoms with van der Waals surface area (Å²) >= 11 is 0. The fraction of sp³-hybridized carbons (Fsp3) is 0.800. The number of alkyl halides is 2. The minimum Gasteiger partial charge on any atom is -0.368 e. The van der Waals surface area contributed by atoms with Crippen LogP contribution in [0.3, 0.4) is 0 Å². The first-order valence-corrected chi connectivity index (χ1v) is 8.51. The Morgan fingerprint density at radius 2 is 1.96 bits per heavy atom. The van der Waals surface area contributed by atoms with Gasteiger partial charge in [0.05, 0.1) is 0 Å². The van der Waals surface area contributed by atoms with E-state index in [2.05, 4.69) is 20.5 Å². The number of amides is 1. The number of carbonyl (C=O) groups is 1. The average Bonchev–Trinajstić information content (AvgIpc) is 3.00. The molecule has 0 aromatic carbocycles. The van der Waals surface area contributed by atoms with Gasteiger partial charge in [-0.2, -0.15) is 4.98 Å². The standard InChI is InChI=1S/C15H24F2N6O/c16-15(17)5-1-10(2-6-15)9-19-12(24)11-3-7-23(8-4-11)14-20-13(18)21-22-14/h10-11H,1-9H2,(H,19,24)(H3,18,20,21,22). The van der Waals surface area contributed by atoms with Crippen LogP contribution in [0.25, 0.3) is 0 Å². The summed E-state index contributed by atoms with van der Waals surface area (Å²) < 4.78 is 26.3. The summed E-state index contributed by atoms with van der Waals surface area (Å²) in [6.45, 7) is 1.91. The number of halogens is 2. The number of nitrogens with two attached hydrogens (primary N) is 1. The van der Waals surface area contributed by atoms with E-state index in [4.69, 9.17) is 5.73 Å². The lowest BCUT2D eigenvalue weighted by atomic mass is 9.86. The summed E-state index contributed by atoms with van der Waals surface area (Å²) in [6.07, 6.45) is 2.29. The van der Waals surface area contributed by atoms with Crippen molar-refractivity contribution in [3.63, 3.8) is 0 Å². The Bertz CT molecular complexity index is 560. The van der Waals surface area contributed by atoms with Gasteiger partial charge in [0, 0.05) is 38.4 Å². The Hall–Kier alpha value is -1.93. The van der Waals surface area contributed by atoms with Gasteiger partial charge >= 0.3 is 0 Å². The number of nitrogen functional groups attached to an aromatic ring is 1. The molecule has 0 spiro atoms.